The lowest BCUT2D eigenvalue weighted by Gasteiger charge is -2.29. The molecule has 3 heterocycles. The van der Waals surface area contributed by atoms with Crippen molar-refractivity contribution in [3.8, 4) is 5.69 Å². The van der Waals surface area contributed by atoms with E-state index in [4.69, 9.17) is 23.8 Å². The molecule has 0 unspecified atom stereocenters. The summed E-state index contributed by atoms with van der Waals surface area (Å²) in [4.78, 5) is 18.8. The van der Waals surface area contributed by atoms with Gasteiger partial charge in [-0.15, -0.1) is 0 Å². The molecule has 2 N–H and O–H groups in total. The Hall–Kier alpha value is -3.75. The Balaban J connectivity index is 1.61. The van der Waals surface area contributed by atoms with Crippen LogP contribution in [0.15, 0.2) is 85.2 Å². The number of hydrogen-bond donors (Lipinski definition) is 2. The number of nitrogens with one attached hydrogen (secondary N) is 2. The fourth-order valence-electron chi connectivity index (χ4n) is 4.47. The van der Waals surface area contributed by atoms with Crippen molar-refractivity contribution in [1.82, 2.24) is 14.9 Å². The maximum Gasteiger partial charge on any atom is 0.226 e. The van der Waals surface area contributed by atoms with Crippen LogP contribution in [0.1, 0.15) is 37.3 Å². The molecule has 188 valence electrons. The fourth-order valence-corrected chi connectivity index (χ4v) is 5.04. The van der Waals surface area contributed by atoms with Crippen molar-refractivity contribution in [2.45, 2.75) is 25.9 Å². The maximum atomic E-state index is 14.9. The number of hydrogen-bond acceptors (Lipinski definition) is 3. The number of pyridine rings is 1. The molecular formula is C28H25ClFN5OS. The molecule has 9 heteroatoms. The first-order chi connectivity index (χ1) is 17.8. The largest absolute Gasteiger partial charge is 0.351 e. The Morgan fingerprint density at radius 2 is 1.89 bits per heavy atom. The summed E-state index contributed by atoms with van der Waals surface area (Å²) < 4.78 is 16.7. The van der Waals surface area contributed by atoms with Crippen LogP contribution in [0.4, 0.5) is 15.8 Å². The molecule has 0 aliphatic carbocycles. The lowest BCUT2D eigenvalue weighted by atomic mass is 10.0. The number of para-hydroxylation sites is 1. The molecule has 2 aromatic heterocycles. The van der Waals surface area contributed by atoms with E-state index in [0.717, 1.165) is 17.1 Å². The Morgan fingerprint density at radius 1 is 1.11 bits per heavy atom. The van der Waals surface area contributed by atoms with E-state index in [9.17, 15) is 9.18 Å². The monoisotopic (exact) mass is 533 g/mol. The average molecular weight is 534 g/mol. The molecule has 0 saturated carbocycles. The average Bonchev–Trinajstić information content (AvgIpc) is 3.50. The summed E-state index contributed by atoms with van der Waals surface area (Å²) in [6, 6.07) is 20.9. The molecule has 2 atom stereocenters. The van der Waals surface area contributed by atoms with Gasteiger partial charge in [0.1, 0.15) is 11.9 Å². The van der Waals surface area contributed by atoms with Crippen LogP contribution in [0.25, 0.3) is 5.69 Å². The van der Waals surface area contributed by atoms with Crippen molar-refractivity contribution in [2.24, 2.45) is 5.92 Å². The lowest BCUT2D eigenvalue weighted by Crippen LogP contribution is -2.30. The lowest BCUT2D eigenvalue weighted by molar-refractivity contribution is -0.118. The van der Waals surface area contributed by atoms with Crippen LogP contribution in [0.3, 0.4) is 0 Å². The van der Waals surface area contributed by atoms with E-state index in [1.54, 1.807) is 36.5 Å². The second-order valence-corrected chi connectivity index (χ2v) is 9.85. The molecule has 6 nitrogen and oxygen atoms in total. The highest BCUT2D eigenvalue weighted by Gasteiger charge is 2.42. The van der Waals surface area contributed by atoms with Crippen LogP contribution < -0.4 is 15.5 Å². The first-order valence-corrected chi connectivity index (χ1v) is 12.7. The standard InChI is InChI=1S/C28H25ClFN5OS/c1-17(2)27(36)32-21-13-12-18(16-19(21)29)35-26(25(33-28(35)37)22-9-5-6-14-31-22)24-11-7-15-34(24)23-10-4-3-8-20(23)30/h3-17,25-26H,1-2H3,(H,32,36)(H,33,37)/t25-,26-/m0/s1. The quantitative estimate of drug-likeness (QED) is 0.279. The van der Waals surface area contributed by atoms with Crippen LogP contribution in [-0.4, -0.2) is 20.6 Å². The number of carbonyl (C=O) groups excluding carboxylic acids is 1. The van der Waals surface area contributed by atoms with Gasteiger partial charge in [0.15, 0.2) is 5.11 Å². The summed E-state index contributed by atoms with van der Waals surface area (Å²) in [5.41, 5.74) is 3.31. The van der Waals surface area contributed by atoms with E-state index >= 15 is 0 Å². The first-order valence-electron chi connectivity index (χ1n) is 11.9. The van der Waals surface area contributed by atoms with E-state index in [1.165, 1.54) is 6.07 Å². The van der Waals surface area contributed by atoms with Gasteiger partial charge in [0.25, 0.3) is 0 Å². The predicted octanol–water partition coefficient (Wildman–Crippen LogP) is 6.44. The third-order valence-electron chi connectivity index (χ3n) is 6.31. The second-order valence-electron chi connectivity index (χ2n) is 9.06. The minimum absolute atomic E-state index is 0.121. The summed E-state index contributed by atoms with van der Waals surface area (Å²) in [6.07, 6.45) is 3.57. The van der Waals surface area contributed by atoms with Crippen molar-refractivity contribution in [3.63, 3.8) is 0 Å². The number of rotatable bonds is 6. The Morgan fingerprint density at radius 3 is 2.59 bits per heavy atom. The van der Waals surface area contributed by atoms with E-state index in [2.05, 4.69) is 15.6 Å². The zero-order chi connectivity index (χ0) is 26.1. The third-order valence-corrected chi connectivity index (χ3v) is 6.93. The molecule has 5 rings (SSSR count). The Kier molecular flexibility index (Phi) is 6.95. The minimum atomic E-state index is -0.371. The highest BCUT2D eigenvalue weighted by Crippen LogP contribution is 2.43. The van der Waals surface area contributed by atoms with E-state index in [1.807, 2.05) is 65.9 Å². The zero-order valence-corrected chi connectivity index (χ0v) is 21.8. The number of benzene rings is 2. The van der Waals surface area contributed by atoms with Gasteiger partial charge in [-0.3, -0.25) is 9.78 Å². The summed E-state index contributed by atoms with van der Waals surface area (Å²) in [5.74, 6) is -0.632. The highest BCUT2D eigenvalue weighted by molar-refractivity contribution is 7.80. The Labute approximate surface area is 225 Å². The van der Waals surface area contributed by atoms with Crippen molar-refractivity contribution < 1.29 is 9.18 Å². The second kappa shape index (κ2) is 10.3. The predicted molar refractivity (Wildman–Crippen MR) is 149 cm³/mol. The molecular weight excluding hydrogens is 509 g/mol. The summed E-state index contributed by atoms with van der Waals surface area (Å²) >= 11 is 12.4. The van der Waals surface area contributed by atoms with Crippen molar-refractivity contribution in [1.29, 1.82) is 0 Å². The van der Waals surface area contributed by atoms with Gasteiger partial charge in [-0.1, -0.05) is 43.6 Å². The summed E-state index contributed by atoms with van der Waals surface area (Å²) in [7, 11) is 0. The highest BCUT2D eigenvalue weighted by atomic mass is 35.5. The molecule has 0 bridgehead atoms. The molecule has 1 fully saturated rings. The SMILES string of the molecule is CC(C)C(=O)Nc1ccc(N2C(=S)N[C@@H](c3ccccn3)[C@@H]2c2cccn2-c2ccccc2F)cc1Cl. The van der Waals surface area contributed by atoms with Crippen LogP contribution in [0.2, 0.25) is 5.02 Å². The topological polar surface area (TPSA) is 62.2 Å². The van der Waals surface area contributed by atoms with Crippen molar-refractivity contribution in [3.05, 3.63) is 107 Å². The smallest absolute Gasteiger partial charge is 0.226 e. The molecule has 2 aromatic carbocycles. The van der Waals surface area contributed by atoms with Gasteiger partial charge in [0.05, 0.1) is 28.1 Å². The van der Waals surface area contributed by atoms with Crippen molar-refractivity contribution in [2.75, 3.05) is 10.2 Å². The van der Waals surface area contributed by atoms with Gasteiger partial charge in [-0.25, -0.2) is 4.39 Å². The molecule has 4 aromatic rings. The van der Waals surface area contributed by atoms with Crippen LogP contribution in [-0.2, 0) is 4.79 Å². The molecule has 0 radical (unpaired) electrons. The number of amides is 1. The van der Waals surface area contributed by atoms with Crippen LogP contribution in [0.5, 0.6) is 0 Å². The normalized spacial score (nSPS) is 17.2. The molecule has 1 saturated heterocycles. The van der Waals surface area contributed by atoms with E-state index in [0.29, 0.717) is 21.5 Å². The van der Waals surface area contributed by atoms with Crippen molar-refractivity contribution >= 4 is 46.2 Å². The van der Waals surface area contributed by atoms with Gasteiger partial charge in [-0.2, -0.15) is 0 Å². The molecule has 1 amide bonds. The van der Waals surface area contributed by atoms with Gasteiger partial charge in [0.2, 0.25) is 5.91 Å². The fraction of sp³-hybridized carbons (Fsp3) is 0.179. The first kappa shape index (κ1) is 24.9. The number of nitrogens with zero attached hydrogens (tertiary/aromatic N) is 3. The minimum Gasteiger partial charge on any atom is -0.351 e. The number of halogens is 2. The zero-order valence-electron chi connectivity index (χ0n) is 20.2. The third kappa shape index (κ3) is 4.82. The van der Waals surface area contributed by atoms with E-state index < -0.39 is 0 Å². The number of anilines is 2. The summed E-state index contributed by atoms with van der Waals surface area (Å²) in [5, 5.41) is 7.13. The van der Waals surface area contributed by atoms with Gasteiger partial charge >= 0.3 is 0 Å². The molecule has 1 aliphatic rings. The van der Waals surface area contributed by atoms with Gasteiger partial charge in [-0.05, 0) is 66.8 Å². The summed E-state index contributed by atoms with van der Waals surface area (Å²) in [6.45, 7) is 3.64. The molecule has 0 spiro atoms. The number of carbonyl (C=O) groups is 1. The molecule has 1 aliphatic heterocycles. The number of thiocarbonyl (C=S) groups is 1. The van der Waals surface area contributed by atoms with Crippen LogP contribution >= 0.6 is 23.8 Å². The maximum absolute atomic E-state index is 14.9. The van der Waals surface area contributed by atoms with E-state index in [-0.39, 0.29) is 29.7 Å². The van der Waals surface area contributed by atoms with Gasteiger partial charge in [0, 0.05) is 29.7 Å². The van der Waals surface area contributed by atoms with Gasteiger partial charge < -0.3 is 20.1 Å². The van der Waals surface area contributed by atoms with Crippen LogP contribution in [0, 0.1) is 11.7 Å². The number of aromatic nitrogens is 2. The Bertz CT molecular complexity index is 1460. The molecule has 37 heavy (non-hydrogen) atoms.